The second-order valence-corrected chi connectivity index (χ2v) is 10.4. The van der Waals surface area contributed by atoms with Gasteiger partial charge in [-0.3, -0.25) is 0 Å². The molecule has 2 fully saturated rings. The van der Waals surface area contributed by atoms with Crippen LogP contribution >= 0.6 is 0 Å². The van der Waals surface area contributed by atoms with Crippen molar-refractivity contribution in [3.8, 4) is 0 Å². The lowest BCUT2D eigenvalue weighted by Crippen LogP contribution is -2.44. The van der Waals surface area contributed by atoms with Crippen LogP contribution in [0.3, 0.4) is 0 Å². The molecule has 4 heterocycles. The number of amides is 2. The van der Waals surface area contributed by atoms with E-state index in [2.05, 4.69) is 29.0 Å². The standard InChI is InChI=1S/C27H38N6O/c1-20-8-13-31(14-9-20)25-23-19-33(27(34)28-18-22-6-4-3-5-7-22)17-12-24(23)29-26(30-25)32-15-10-21(2)11-16-32/h3-7,20-21H,8-19H2,1-2H3,(H,28,34). The first-order chi connectivity index (χ1) is 16.6. The molecule has 0 radical (unpaired) electrons. The maximum absolute atomic E-state index is 13.0. The lowest BCUT2D eigenvalue weighted by atomic mass is 9.98. The van der Waals surface area contributed by atoms with Gasteiger partial charge in [-0.1, -0.05) is 44.2 Å². The van der Waals surface area contributed by atoms with Crippen molar-refractivity contribution in [3.05, 3.63) is 47.2 Å². The normalized spacial score (nSPS) is 19.8. The van der Waals surface area contributed by atoms with Crippen molar-refractivity contribution in [1.29, 1.82) is 0 Å². The van der Waals surface area contributed by atoms with Gasteiger partial charge in [0, 0.05) is 51.3 Å². The van der Waals surface area contributed by atoms with Crippen LogP contribution in [0.2, 0.25) is 0 Å². The number of benzene rings is 1. The van der Waals surface area contributed by atoms with E-state index in [9.17, 15) is 4.79 Å². The molecule has 3 aliphatic rings. The number of piperidine rings is 2. The van der Waals surface area contributed by atoms with E-state index in [0.29, 0.717) is 19.6 Å². The Morgan fingerprint density at radius 3 is 2.24 bits per heavy atom. The predicted octanol–water partition coefficient (Wildman–Crippen LogP) is 4.22. The van der Waals surface area contributed by atoms with Crippen LogP contribution in [0, 0.1) is 11.8 Å². The number of aromatic nitrogens is 2. The summed E-state index contributed by atoms with van der Waals surface area (Å²) >= 11 is 0. The zero-order valence-corrected chi connectivity index (χ0v) is 20.7. The first kappa shape index (κ1) is 22.9. The third kappa shape index (κ3) is 5.13. The highest BCUT2D eigenvalue weighted by Crippen LogP contribution is 2.32. The van der Waals surface area contributed by atoms with Crippen LogP contribution in [0.5, 0.6) is 0 Å². The van der Waals surface area contributed by atoms with Crippen molar-refractivity contribution < 1.29 is 4.79 Å². The van der Waals surface area contributed by atoms with Crippen LogP contribution in [0.25, 0.3) is 0 Å². The first-order valence-electron chi connectivity index (χ1n) is 13.0. The largest absolute Gasteiger partial charge is 0.356 e. The Morgan fingerprint density at radius 2 is 1.56 bits per heavy atom. The lowest BCUT2D eigenvalue weighted by Gasteiger charge is -2.37. The molecule has 2 saturated heterocycles. The number of carbonyl (C=O) groups excluding carboxylic acids is 1. The summed E-state index contributed by atoms with van der Waals surface area (Å²) in [5, 5.41) is 3.10. The summed E-state index contributed by atoms with van der Waals surface area (Å²) in [6, 6.07) is 10.1. The third-order valence-corrected chi connectivity index (χ3v) is 7.75. The van der Waals surface area contributed by atoms with Gasteiger partial charge in [0.1, 0.15) is 5.82 Å². The summed E-state index contributed by atoms with van der Waals surface area (Å²) in [5.41, 5.74) is 3.38. The fourth-order valence-electron chi connectivity index (χ4n) is 5.27. The van der Waals surface area contributed by atoms with Gasteiger partial charge in [-0.15, -0.1) is 0 Å². The molecular formula is C27H38N6O. The van der Waals surface area contributed by atoms with Crippen molar-refractivity contribution in [2.75, 3.05) is 42.5 Å². The monoisotopic (exact) mass is 462 g/mol. The zero-order chi connectivity index (χ0) is 23.5. The minimum absolute atomic E-state index is 0.0122. The van der Waals surface area contributed by atoms with Crippen molar-refractivity contribution in [3.63, 3.8) is 0 Å². The Balaban J connectivity index is 1.36. The van der Waals surface area contributed by atoms with E-state index in [1.807, 2.05) is 35.2 Å². The molecule has 182 valence electrons. The van der Waals surface area contributed by atoms with Gasteiger partial charge in [-0.2, -0.15) is 4.98 Å². The Bertz CT molecular complexity index is 980. The van der Waals surface area contributed by atoms with Crippen molar-refractivity contribution in [2.24, 2.45) is 11.8 Å². The molecule has 3 aliphatic heterocycles. The van der Waals surface area contributed by atoms with E-state index < -0.39 is 0 Å². The van der Waals surface area contributed by atoms with Crippen LogP contribution in [0.4, 0.5) is 16.6 Å². The first-order valence-corrected chi connectivity index (χ1v) is 13.0. The van der Waals surface area contributed by atoms with Gasteiger partial charge in [0.15, 0.2) is 0 Å². The quantitative estimate of drug-likeness (QED) is 0.737. The number of rotatable bonds is 4. The van der Waals surface area contributed by atoms with Gasteiger partial charge in [0.05, 0.1) is 12.2 Å². The third-order valence-electron chi connectivity index (χ3n) is 7.75. The smallest absolute Gasteiger partial charge is 0.317 e. The minimum Gasteiger partial charge on any atom is -0.356 e. The maximum Gasteiger partial charge on any atom is 0.317 e. The number of hydrogen-bond donors (Lipinski definition) is 1. The van der Waals surface area contributed by atoms with Gasteiger partial charge in [-0.05, 0) is 43.1 Å². The van der Waals surface area contributed by atoms with Crippen molar-refractivity contribution in [2.45, 2.75) is 59.0 Å². The molecular weight excluding hydrogens is 424 g/mol. The molecule has 2 aromatic rings. The highest BCUT2D eigenvalue weighted by atomic mass is 16.2. The zero-order valence-electron chi connectivity index (χ0n) is 20.7. The molecule has 0 aliphatic carbocycles. The number of nitrogens with zero attached hydrogens (tertiary/aromatic N) is 5. The Labute approximate surface area is 203 Å². The Hall–Kier alpha value is -2.83. The van der Waals surface area contributed by atoms with Gasteiger partial charge in [0.2, 0.25) is 5.95 Å². The molecule has 0 bridgehead atoms. The summed E-state index contributed by atoms with van der Waals surface area (Å²) in [6.45, 7) is 10.6. The van der Waals surface area contributed by atoms with Crippen LogP contribution in [0.1, 0.15) is 56.4 Å². The number of carbonyl (C=O) groups is 1. The summed E-state index contributed by atoms with van der Waals surface area (Å²) in [4.78, 5) is 30.0. The SMILES string of the molecule is CC1CCN(c2nc3c(c(N4CCC(C)CC4)n2)CN(C(=O)NCc2ccccc2)CC3)CC1. The van der Waals surface area contributed by atoms with Crippen LogP contribution in [0.15, 0.2) is 30.3 Å². The van der Waals surface area contributed by atoms with Gasteiger partial charge < -0.3 is 20.0 Å². The number of urea groups is 1. The lowest BCUT2D eigenvalue weighted by molar-refractivity contribution is 0.191. The summed E-state index contributed by atoms with van der Waals surface area (Å²) < 4.78 is 0. The second-order valence-electron chi connectivity index (χ2n) is 10.4. The van der Waals surface area contributed by atoms with E-state index in [0.717, 1.165) is 73.0 Å². The van der Waals surface area contributed by atoms with Crippen molar-refractivity contribution >= 4 is 17.8 Å². The molecule has 0 saturated carbocycles. The van der Waals surface area contributed by atoms with Gasteiger partial charge >= 0.3 is 6.03 Å². The van der Waals surface area contributed by atoms with Crippen LogP contribution in [-0.4, -0.2) is 53.6 Å². The molecule has 34 heavy (non-hydrogen) atoms. The molecule has 0 atom stereocenters. The molecule has 7 nitrogen and oxygen atoms in total. The van der Waals surface area contributed by atoms with E-state index in [-0.39, 0.29) is 6.03 Å². The minimum atomic E-state index is -0.0122. The van der Waals surface area contributed by atoms with E-state index in [1.54, 1.807) is 0 Å². The second kappa shape index (κ2) is 10.2. The number of hydrogen-bond acceptors (Lipinski definition) is 5. The highest BCUT2D eigenvalue weighted by Gasteiger charge is 2.30. The molecule has 1 aromatic carbocycles. The number of anilines is 2. The molecule has 2 amide bonds. The van der Waals surface area contributed by atoms with E-state index in [4.69, 9.17) is 9.97 Å². The number of nitrogens with one attached hydrogen (secondary N) is 1. The Kier molecular flexibility index (Phi) is 6.88. The average Bonchev–Trinajstić information content (AvgIpc) is 2.88. The average molecular weight is 463 g/mol. The molecule has 5 rings (SSSR count). The van der Waals surface area contributed by atoms with Crippen molar-refractivity contribution in [1.82, 2.24) is 20.2 Å². The van der Waals surface area contributed by atoms with Gasteiger partial charge in [-0.25, -0.2) is 9.78 Å². The van der Waals surface area contributed by atoms with E-state index in [1.165, 1.54) is 25.7 Å². The summed E-state index contributed by atoms with van der Waals surface area (Å²) in [7, 11) is 0. The summed E-state index contributed by atoms with van der Waals surface area (Å²) in [5.74, 6) is 3.49. The summed E-state index contributed by atoms with van der Waals surface area (Å²) in [6.07, 6.45) is 5.57. The molecule has 1 aromatic heterocycles. The molecule has 7 heteroatoms. The molecule has 1 N–H and O–H groups in total. The molecule has 0 unspecified atom stereocenters. The molecule has 0 spiro atoms. The van der Waals surface area contributed by atoms with Crippen LogP contribution in [-0.2, 0) is 19.5 Å². The predicted molar refractivity (Wildman–Crippen MR) is 136 cm³/mol. The maximum atomic E-state index is 13.0. The fraction of sp³-hybridized carbons (Fsp3) is 0.593. The van der Waals surface area contributed by atoms with E-state index >= 15 is 0 Å². The Morgan fingerprint density at radius 1 is 0.912 bits per heavy atom. The topological polar surface area (TPSA) is 64.6 Å². The highest BCUT2D eigenvalue weighted by molar-refractivity contribution is 5.75. The van der Waals surface area contributed by atoms with Gasteiger partial charge in [0.25, 0.3) is 0 Å². The fourth-order valence-corrected chi connectivity index (χ4v) is 5.27. The van der Waals surface area contributed by atoms with Crippen LogP contribution < -0.4 is 15.1 Å². The number of fused-ring (bicyclic) bond motifs is 1.